The predicted octanol–water partition coefficient (Wildman–Crippen LogP) is 4.55. The number of sulfonamides is 1. The molecule has 0 aromatic heterocycles. The number of carbonyl (C=O) groups excluding carboxylic acids is 2. The molecule has 33 heavy (non-hydrogen) atoms. The third kappa shape index (κ3) is 6.98. The molecule has 0 aliphatic heterocycles. The summed E-state index contributed by atoms with van der Waals surface area (Å²) in [5.41, 5.74) is 2.78. The van der Waals surface area contributed by atoms with Gasteiger partial charge in [0.1, 0.15) is 0 Å². The van der Waals surface area contributed by atoms with E-state index in [9.17, 15) is 18.0 Å². The summed E-state index contributed by atoms with van der Waals surface area (Å²) in [6.07, 6.45) is 0. The molecule has 0 saturated carbocycles. The number of benzene rings is 3. The van der Waals surface area contributed by atoms with Gasteiger partial charge in [0.05, 0.1) is 11.4 Å². The van der Waals surface area contributed by atoms with Crippen LogP contribution in [0.25, 0.3) is 0 Å². The largest absolute Gasteiger partial charge is 0.326 e. The highest BCUT2D eigenvalue weighted by Crippen LogP contribution is 2.21. The van der Waals surface area contributed by atoms with Crippen molar-refractivity contribution >= 4 is 49.1 Å². The number of aryl methyl sites for hydroxylation is 1. The van der Waals surface area contributed by atoms with Gasteiger partial charge in [-0.3, -0.25) is 9.59 Å². The van der Waals surface area contributed by atoms with Crippen molar-refractivity contribution in [3.05, 3.63) is 88.4 Å². The van der Waals surface area contributed by atoms with Gasteiger partial charge >= 0.3 is 0 Å². The fraction of sp³-hybridized carbons (Fsp3) is 0.167. The summed E-state index contributed by atoms with van der Waals surface area (Å²) in [7, 11) is -3.92. The molecule has 0 bridgehead atoms. The Morgan fingerprint density at radius 1 is 0.848 bits per heavy atom. The quantitative estimate of drug-likeness (QED) is 0.447. The lowest BCUT2D eigenvalue weighted by Crippen LogP contribution is -2.37. The maximum absolute atomic E-state index is 13.3. The van der Waals surface area contributed by atoms with Gasteiger partial charge in [-0.15, -0.1) is 0 Å². The minimum Gasteiger partial charge on any atom is -0.326 e. The zero-order valence-corrected chi connectivity index (χ0v) is 20.6. The standard InChI is InChI=1S/C24H24BrN3O4S/c1-17-3-13-23(14-4-17)33(31,32)28(15-19-5-7-20(25)8-6-19)16-24(30)27-22-11-9-21(10-12-22)26-18(2)29/h3-14H,15-16H2,1-2H3,(H,26,29)(H,27,30). The smallest absolute Gasteiger partial charge is 0.243 e. The van der Waals surface area contributed by atoms with Gasteiger partial charge in [0.25, 0.3) is 0 Å². The molecule has 2 N–H and O–H groups in total. The molecule has 0 fully saturated rings. The third-order valence-electron chi connectivity index (χ3n) is 4.74. The van der Waals surface area contributed by atoms with Crippen LogP contribution < -0.4 is 10.6 Å². The minimum atomic E-state index is -3.92. The summed E-state index contributed by atoms with van der Waals surface area (Å²) in [6.45, 7) is 2.96. The number of halogens is 1. The van der Waals surface area contributed by atoms with Gasteiger partial charge in [-0.2, -0.15) is 4.31 Å². The van der Waals surface area contributed by atoms with Crippen LogP contribution in [-0.4, -0.2) is 31.1 Å². The molecule has 9 heteroatoms. The van der Waals surface area contributed by atoms with E-state index in [0.29, 0.717) is 11.4 Å². The summed E-state index contributed by atoms with van der Waals surface area (Å²) < 4.78 is 28.7. The second-order valence-electron chi connectivity index (χ2n) is 7.52. The van der Waals surface area contributed by atoms with Gasteiger partial charge in [0.2, 0.25) is 21.8 Å². The number of hydrogen-bond acceptors (Lipinski definition) is 4. The van der Waals surface area contributed by atoms with Gasteiger partial charge in [-0.1, -0.05) is 45.8 Å². The van der Waals surface area contributed by atoms with Crippen LogP contribution in [0.3, 0.4) is 0 Å². The summed E-state index contributed by atoms with van der Waals surface area (Å²) in [5, 5.41) is 5.36. The molecule has 7 nitrogen and oxygen atoms in total. The maximum atomic E-state index is 13.3. The molecular weight excluding hydrogens is 506 g/mol. The summed E-state index contributed by atoms with van der Waals surface area (Å²) in [6, 6.07) is 20.4. The summed E-state index contributed by atoms with van der Waals surface area (Å²) >= 11 is 3.37. The molecule has 3 aromatic rings. The van der Waals surface area contributed by atoms with E-state index in [1.54, 1.807) is 48.5 Å². The highest BCUT2D eigenvalue weighted by atomic mass is 79.9. The molecule has 0 radical (unpaired) electrons. The van der Waals surface area contributed by atoms with E-state index in [2.05, 4.69) is 26.6 Å². The van der Waals surface area contributed by atoms with E-state index < -0.39 is 15.9 Å². The van der Waals surface area contributed by atoms with Crippen molar-refractivity contribution in [2.24, 2.45) is 0 Å². The fourth-order valence-corrected chi connectivity index (χ4v) is 4.73. The van der Waals surface area contributed by atoms with Crippen LogP contribution in [-0.2, 0) is 26.2 Å². The third-order valence-corrected chi connectivity index (χ3v) is 7.07. The highest BCUT2D eigenvalue weighted by molar-refractivity contribution is 9.10. The Balaban J connectivity index is 1.81. The number of hydrogen-bond donors (Lipinski definition) is 2. The Bertz CT molecular complexity index is 1230. The van der Waals surface area contributed by atoms with Gasteiger partial charge in [0.15, 0.2) is 0 Å². The molecular formula is C24H24BrN3O4S. The van der Waals surface area contributed by atoms with E-state index in [1.807, 2.05) is 19.1 Å². The van der Waals surface area contributed by atoms with Crippen molar-refractivity contribution in [3.8, 4) is 0 Å². The minimum absolute atomic E-state index is 0.0401. The monoisotopic (exact) mass is 529 g/mol. The van der Waals surface area contributed by atoms with E-state index in [0.717, 1.165) is 19.9 Å². The van der Waals surface area contributed by atoms with Crippen LogP contribution in [0.5, 0.6) is 0 Å². The number of nitrogens with one attached hydrogen (secondary N) is 2. The van der Waals surface area contributed by atoms with Gasteiger partial charge in [0, 0.05) is 29.3 Å². The normalized spacial score (nSPS) is 11.3. The van der Waals surface area contributed by atoms with E-state index in [1.165, 1.54) is 19.1 Å². The first-order valence-corrected chi connectivity index (χ1v) is 12.4. The van der Waals surface area contributed by atoms with E-state index in [-0.39, 0.29) is 23.9 Å². The molecule has 3 aromatic carbocycles. The zero-order chi connectivity index (χ0) is 24.0. The SMILES string of the molecule is CC(=O)Nc1ccc(NC(=O)CN(Cc2ccc(Br)cc2)S(=O)(=O)c2ccc(C)cc2)cc1. The average Bonchev–Trinajstić information content (AvgIpc) is 2.76. The average molecular weight is 530 g/mol. The van der Waals surface area contributed by atoms with Crippen molar-refractivity contribution in [1.29, 1.82) is 0 Å². The molecule has 3 rings (SSSR count). The molecule has 0 unspecified atom stereocenters. The Morgan fingerprint density at radius 3 is 1.94 bits per heavy atom. The van der Waals surface area contributed by atoms with Crippen molar-refractivity contribution in [3.63, 3.8) is 0 Å². The first kappa shape index (κ1) is 24.6. The predicted molar refractivity (Wildman–Crippen MR) is 132 cm³/mol. The number of nitrogens with zero attached hydrogens (tertiary/aromatic N) is 1. The molecule has 0 aliphatic rings. The second-order valence-corrected chi connectivity index (χ2v) is 10.4. The van der Waals surface area contributed by atoms with Crippen LogP contribution in [0.1, 0.15) is 18.1 Å². The lowest BCUT2D eigenvalue weighted by molar-refractivity contribution is -0.116. The van der Waals surface area contributed by atoms with Crippen molar-refractivity contribution < 1.29 is 18.0 Å². The van der Waals surface area contributed by atoms with E-state index >= 15 is 0 Å². The molecule has 0 atom stereocenters. The molecule has 0 heterocycles. The fourth-order valence-electron chi connectivity index (χ4n) is 3.08. The van der Waals surface area contributed by atoms with Crippen LogP contribution >= 0.6 is 15.9 Å². The van der Waals surface area contributed by atoms with Crippen molar-refractivity contribution in [2.45, 2.75) is 25.3 Å². The van der Waals surface area contributed by atoms with Crippen LogP contribution in [0.15, 0.2) is 82.2 Å². The van der Waals surface area contributed by atoms with Gasteiger partial charge in [-0.05, 0) is 61.0 Å². The first-order valence-electron chi connectivity index (χ1n) is 10.1. The lowest BCUT2D eigenvalue weighted by Gasteiger charge is -2.22. The van der Waals surface area contributed by atoms with Gasteiger partial charge < -0.3 is 10.6 Å². The van der Waals surface area contributed by atoms with Crippen LogP contribution in [0.4, 0.5) is 11.4 Å². The Labute approximate surface area is 202 Å². The number of anilines is 2. The first-order chi connectivity index (χ1) is 15.6. The molecule has 172 valence electrons. The summed E-state index contributed by atoms with van der Waals surface area (Å²) in [5.74, 6) is -0.674. The number of rotatable bonds is 8. The Morgan fingerprint density at radius 2 is 1.39 bits per heavy atom. The number of carbonyl (C=O) groups is 2. The van der Waals surface area contributed by atoms with Crippen LogP contribution in [0, 0.1) is 6.92 Å². The molecule has 0 spiro atoms. The Hall–Kier alpha value is -3.01. The Kier molecular flexibility index (Phi) is 8.01. The maximum Gasteiger partial charge on any atom is 0.243 e. The zero-order valence-electron chi connectivity index (χ0n) is 18.2. The topological polar surface area (TPSA) is 95.6 Å². The highest BCUT2D eigenvalue weighted by Gasteiger charge is 2.27. The second kappa shape index (κ2) is 10.7. The number of amides is 2. The molecule has 2 amide bonds. The summed E-state index contributed by atoms with van der Waals surface area (Å²) in [4.78, 5) is 24.0. The van der Waals surface area contributed by atoms with E-state index in [4.69, 9.17) is 0 Å². The van der Waals surface area contributed by atoms with Crippen molar-refractivity contribution in [2.75, 3.05) is 17.2 Å². The van der Waals surface area contributed by atoms with Crippen molar-refractivity contribution in [1.82, 2.24) is 4.31 Å². The molecule has 0 aliphatic carbocycles. The molecule has 0 saturated heterocycles. The van der Waals surface area contributed by atoms with Gasteiger partial charge in [-0.25, -0.2) is 8.42 Å². The lowest BCUT2D eigenvalue weighted by atomic mass is 10.2. The van der Waals surface area contributed by atoms with Crippen LogP contribution in [0.2, 0.25) is 0 Å².